The van der Waals surface area contributed by atoms with Crippen LogP contribution in [0.2, 0.25) is 0 Å². The van der Waals surface area contributed by atoms with Crippen LogP contribution in [-0.4, -0.2) is 58.1 Å². The molecule has 5 nitrogen and oxygen atoms in total. The first-order chi connectivity index (χ1) is 10.7. The van der Waals surface area contributed by atoms with Gasteiger partial charge in [0.25, 0.3) is 0 Å². The molecule has 0 aliphatic carbocycles. The van der Waals surface area contributed by atoms with Crippen LogP contribution in [0.5, 0.6) is 0 Å². The summed E-state index contributed by atoms with van der Waals surface area (Å²) in [5.74, 6) is 0. The molecule has 2 aromatic rings. The zero-order valence-corrected chi connectivity index (χ0v) is 12.9. The van der Waals surface area contributed by atoms with E-state index >= 15 is 0 Å². The molecule has 0 amide bonds. The molecule has 22 heavy (non-hydrogen) atoms. The highest BCUT2D eigenvalue weighted by Crippen LogP contribution is 2.20. The van der Waals surface area contributed by atoms with Crippen molar-refractivity contribution in [2.75, 3.05) is 32.7 Å². The molecule has 1 saturated heterocycles. The fourth-order valence-corrected chi connectivity index (χ4v) is 3.17. The predicted molar refractivity (Wildman–Crippen MR) is 85.5 cm³/mol. The minimum absolute atomic E-state index is 0.270. The maximum absolute atomic E-state index is 9.46. The Labute approximate surface area is 131 Å². The first-order valence-electron chi connectivity index (χ1n) is 7.79. The average molecular weight is 298 g/mol. The van der Waals surface area contributed by atoms with Gasteiger partial charge in [-0.2, -0.15) is 5.26 Å². The standard InChI is InChI=1S/C17H22N4O/c1-14(22)11-19-6-8-20(9-7-19)12-15-13-21-5-3-2-4-17(21)16(15)10-18/h2-5,13-14,22H,6-9,11-12H2,1H3. The topological polar surface area (TPSA) is 54.9 Å². The zero-order valence-electron chi connectivity index (χ0n) is 12.9. The van der Waals surface area contributed by atoms with Crippen LogP contribution in [0, 0.1) is 11.3 Å². The van der Waals surface area contributed by atoms with Gasteiger partial charge in [0.2, 0.25) is 0 Å². The van der Waals surface area contributed by atoms with E-state index in [0.717, 1.165) is 55.9 Å². The number of fused-ring (bicyclic) bond motifs is 1. The normalized spacial score (nSPS) is 18.4. The van der Waals surface area contributed by atoms with Gasteiger partial charge in [0.15, 0.2) is 0 Å². The van der Waals surface area contributed by atoms with Crippen LogP contribution >= 0.6 is 0 Å². The Bertz CT molecular complexity index is 678. The van der Waals surface area contributed by atoms with Gasteiger partial charge < -0.3 is 9.51 Å². The van der Waals surface area contributed by atoms with E-state index in [1.807, 2.05) is 35.7 Å². The summed E-state index contributed by atoms with van der Waals surface area (Å²) in [5.41, 5.74) is 2.86. The number of aliphatic hydroxyl groups is 1. The lowest BCUT2D eigenvalue weighted by Crippen LogP contribution is -2.47. The van der Waals surface area contributed by atoms with Crippen LogP contribution in [0.15, 0.2) is 30.6 Å². The number of hydrogen-bond acceptors (Lipinski definition) is 4. The third-order valence-electron chi connectivity index (χ3n) is 4.26. The van der Waals surface area contributed by atoms with Crippen molar-refractivity contribution >= 4 is 5.52 Å². The zero-order chi connectivity index (χ0) is 15.5. The Morgan fingerprint density at radius 1 is 1.23 bits per heavy atom. The van der Waals surface area contributed by atoms with Crippen molar-refractivity contribution in [1.29, 1.82) is 5.26 Å². The molecule has 3 heterocycles. The molecule has 1 atom stereocenters. The second-order valence-corrected chi connectivity index (χ2v) is 6.06. The number of aliphatic hydroxyl groups excluding tert-OH is 1. The summed E-state index contributed by atoms with van der Waals surface area (Å²) in [4.78, 5) is 4.68. The summed E-state index contributed by atoms with van der Waals surface area (Å²) in [5, 5.41) is 18.9. The number of nitriles is 1. The molecule has 0 saturated carbocycles. The van der Waals surface area contributed by atoms with E-state index in [9.17, 15) is 10.4 Å². The van der Waals surface area contributed by atoms with Gasteiger partial charge in [-0.3, -0.25) is 9.80 Å². The van der Waals surface area contributed by atoms with Crippen LogP contribution in [0.3, 0.4) is 0 Å². The second-order valence-electron chi connectivity index (χ2n) is 6.06. The van der Waals surface area contributed by atoms with E-state index in [4.69, 9.17) is 0 Å². The minimum atomic E-state index is -0.270. The summed E-state index contributed by atoms with van der Waals surface area (Å²) < 4.78 is 2.03. The average Bonchev–Trinajstić information content (AvgIpc) is 2.85. The third kappa shape index (κ3) is 3.14. The lowest BCUT2D eigenvalue weighted by molar-refractivity contribution is 0.0781. The number of hydrogen-bond donors (Lipinski definition) is 1. The summed E-state index contributed by atoms with van der Waals surface area (Å²) in [6.07, 6.45) is 3.78. The minimum Gasteiger partial charge on any atom is -0.392 e. The molecule has 0 spiro atoms. The van der Waals surface area contributed by atoms with E-state index in [-0.39, 0.29) is 6.10 Å². The Hall–Kier alpha value is -1.87. The van der Waals surface area contributed by atoms with Crippen LogP contribution in [0.1, 0.15) is 18.1 Å². The summed E-state index contributed by atoms with van der Waals surface area (Å²) >= 11 is 0. The number of aromatic nitrogens is 1. The van der Waals surface area contributed by atoms with Crippen LogP contribution in [0.4, 0.5) is 0 Å². The first kappa shape index (κ1) is 15.0. The fraction of sp³-hybridized carbons (Fsp3) is 0.471. The van der Waals surface area contributed by atoms with Crippen molar-refractivity contribution in [3.8, 4) is 6.07 Å². The van der Waals surface area contributed by atoms with Crippen molar-refractivity contribution in [2.45, 2.75) is 19.6 Å². The highest BCUT2D eigenvalue weighted by molar-refractivity contribution is 5.65. The summed E-state index contributed by atoms with van der Waals surface area (Å²) in [7, 11) is 0. The molecular formula is C17H22N4O. The van der Waals surface area contributed by atoms with Gasteiger partial charge in [-0.15, -0.1) is 0 Å². The van der Waals surface area contributed by atoms with Crippen molar-refractivity contribution in [2.24, 2.45) is 0 Å². The van der Waals surface area contributed by atoms with Crippen LogP contribution in [0.25, 0.3) is 5.52 Å². The molecule has 0 bridgehead atoms. The Kier molecular flexibility index (Phi) is 4.44. The van der Waals surface area contributed by atoms with Gasteiger partial charge in [-0.1, -0.05) is 6.07 Å². The fourth-order valence-electron chi connectivity index (χ4n) is 3.17. The van der Waals surface area contributed by atoms with Gasteiger partial charge in [-0.25, -0.2) is 0 Å². The molecular weight excluding hydrogens is 276 g/mol. The molecule has 116 valence electrons. The Morgan fingerprint density at radius 2 is 1.95 bits per heavy atom. The number of piperazine rings is 1. The maximum atomic E-state index is 9.46. The van der Waals surface area contributed by atoms with Gasteiger partial charge in [0, 0.05) is 57.2 Å². The Balaban J connectivity index is 1.69. The van der Waals surface area contributed by atoms with Crippen molar-refractivity contribution in [3.63, 3.8) is 0 Å². The summed E-state index contributed by atoms with van der Waals surface area (Å²) in [6.45, 7) is 7.28. The van der Waals surface area contributed by atoms with E-state index in [1.165, 1.54) is 0 Å². The lowest BCUT2D eigenvalue weighted by Gasteiger charge is -2.35. The quantitative estimate of drug-likeness (QED) is 0.924. The molecule has 0 radical (unpaired) electrons. The third-order valence-corrected chi connectivity index (χ3v) is 4.26. The van der Waals surface area contributed by atoms with E-state index in [0.29, 0.717) is 0 Å². The van der Waals surface area contributed by atoms with Gasteiger partial charge in [-0.05, 0) is 19.1 Å². The molecule has 3 rings (SSSR count). The number of β-amino-alcohol motifs (C(OH)–C–C–N with tert-alkyl or cyclic N) is 1. The molecule has 1 unspecified atom stereocenters. The molecule has 1 fully saturated rings. The molecule has 1 aliphatic heterocycles. The van der Waals surface area contributed by atoms with Gasteiger partial charge >= 0.3 is 0 Å². The van der Waals surface area contributed by atoms with E-state index in [2.05, 4.69) is 22.1 Å². The number of pyridine rings is 1. The monoisotopic (exact) mass is 298 g/mol. The van der Waals surface area contributed by atoms with Crippen molar-refractivity contribution in [1.82, 2.24) is 14.2 Å². The van der Waals surface area contributed by atoms with Crippen molar-refractivity contribution < 1.29 is 5.11 Å². The smallest absolute Gasteiger partial charge is 0.102 e. The van der Waals surface area contributed by atoms with E-state index in [1.54, 1.807) is 0 Å². The predicted octanol–water partition coefficient (Wildman–Crippen LogP) is 1.31. The molecule has 1 aliphatic rings. The van der Waals surface area contributed by atoms with Crippen LogP contribution < -0.4 is 0 Å². The second kappa shape index (κ2) is 6.49. The highest BCUT2D eigenvalue weighted by Gasteiger charge is 2.20. The molecule has 5 heteroatoms. The first-order valence-corrected chi connectivity index (χ1v) is 7.79. The highest BCUT2D eigenvalue weighted by atomic mass is 16.3. The summed E-state index contributed by atoms with van der Waals surface area (Å²) in [6, 6.07) is 8.29. The SMILES string of the molecule is CC(O)CN1CCN(Cc2cn3ccccc3c2C#N)CC1. The molecule has 1 N–H and O–H groups in total. The van der Waals surface area contributed by atoms with E-state index < -0.39 is 0 Å². The molecule has 2 aromatic heterocycles. The maximum Gasteiger partial charge on any atom is 0.102 e. The van der Waals surface area contributed by atoms with Crippen LogP contribution in [-0.2, 0) is 6.54 Å². The van der Waals surface area contributed by atoms with Gasteiger partial charge in [0.1, 0.15) is 6.07 Å². The van der Waals surface area contributed by atoms with Crippen molar-refractivity contribution in [3.05, 3.63) is 41.7 Å². The number of rotatable bonds is 4. The largest absolute Gasteiger partial charge is 0.392 e. The molecule has 0 aromatic carbocycles. The number of nitrogens with zero attached hydrogens (tertiary/aromatic N) is 4. The van der Waals surface area contributed by atoms with Gasteiger partial charge in [0.05, 0.1) is 17.2 Å². The Morgan fingerprint density at radius 3 is 2.64 bits per heavy atom. The lowest BCUT2D eigenvalue weighted by atomic mass is 10.1.